The number of imidazole rings is 1. The number of aromatic amines is 1. The number of carboxylic acid groups (broad SMARTS) is 1. The molecule has 1 heterocycles. The monoisotopic (exact) mass is 469 g/mol. The van der Waals surface area contributed by atoms with Gasteiger partial charge in [-0.05, 0) is 12.3 Å². The second-order valence-corrected chi connectivity index (χ2v) is 7.63. The number of nitrogens with two attached hydrogens (primary N) is 1. The molecule has 14 heteroatoms. The first kappa shape index (κ1) is 27.5. The van der Waals surface area contributed by atoms with Gasteiger partial charge in [0.15, 0.2) is 0 Å². The van der Waals surface area contributed by atoms with Crippen molar-refractivity contribution >= 4 is 29.6 Å². The summed E-state index contributed by atoms with van der Waals surface area (Å²) in [6, 6.07) is -3.65. The smallest absolute Gasteiger partial charge is 0.322 e. The molecule has 0 radical (unpaired) electrons. The number of nitrogens with one attached hydrogen (secondary N) is 5. The number of amides is 4. The maximum Gasteiger partial charge on any atom is 0.322 e. The van der Waals surface area contributed by atoms with E-state index in [0.29, 0.717) is 5.69 Å². The predicted octanol–water partition coefficient (Wildman–Crippen LogP) is -3.40. The number of aliphatic hydroxyl groups excluding tert-OH is 1. The third kappa shape index (κ3) is 10.1. The number of rotatable bonds is 14. The van der Waals surface area contributed by atoms with E-state index in [0.717, 1.165) is 0 Å². The van der Waals surface area contributed by atoms with Gasteiger partial charge in [0.05, 0.1) is 25.2 Å². The molecule has 1 rings (SSSR count). The quantitative estimate of drug-likeness (QED) is 0.136. The number of H-pyrrole nitrogens is 1. The van der Waals surface area contributed by atoms with Gasteiger partial charge in [-0.1, -0.05) is 13.8 Å². The first-order chi connectivity index (χ1) is 15.6. The molecule has 33 heavy (non-hydrogen) atoms. The van der Waals surface area contributed by atoms with Gasteiger partial charge in [-0.2, -0.15) is 0 Å². The second-order valence-electron chi connectivity index (χ2n) is 7.63. The second kappa shape index (κ2) is 13.8. The molecule has 0 unspecified atom stereocenters. The highest BCUT2D eigenvalue weighted by molar-refractivity contribution is 5.95. The third-order valence-electron chi connectivity index (χ3n) is 4.37. The van der Waals surface area contributed by atoms with Crippen molar-refractivity contribution in [3.63, 3.8) is 0 Å². The average molecular weight is 469 g/mol. The number of carbonyl (C=O) groups is 5. The highest BCUT2D eigenvalue weighted by Crippen LogP contribution is 2.06. The molecule has 1 aromatic rings. The van der Waals surface area contributed by atoms with Gasteiger partial charge in [-0.25, -0.2) is 4.98 Å². The minimum atomic E-state index is -1.43. The van der Waals surface area contributed by atoms with E-state index in [1.165, 1.54) is 12.5 Å². The van der Waals surface area contributed by atoms with Crippen LogP contribution >= 0.6 is 0 Å². The van der Waals surface area contributed by atoms with Crippen LogP contribution in [0.1, 0.15) is 26.0 Å². The van der Waals surface area contributed by atoms with E-state index < -0.39 is 60.9 Å². The van der Waals surface area contributed by atoms with Gasteiger partial charge < -0.3 is 42.2 Å². The Balaban J connectivity index is 2.90. The lowest BCUT2D eigenvalue weighted by Gasteiger charge is -2.24. The molecule has 0 aliphatic rings. The van der Waals surface area contributed by atoms with Crippen molar-refractivity contribution in [3.8, 4) is 0 Å². The molecule has 184 valence electrons. The van der Waals surface area contributed by atoms with Gasteiger partial charge in [0.2, 0.25) is 23.6 Å². The molecule has 0 spiro atoms. The van der Waals surface area contributed by atoms with Crippen molar-refractivity contribution < 1.29 is 34.2 Å². The summed E-state index contributed by atoms with van der Waals surface area (Å²) < 4.78 is 0. The fraction of sp³-hybridized carbons (Fsp3) is 0.579. The fourth-order valence-electron chi connectivity index (χ4n) is 2.80. The first-order valence-corrected chi connectivity index (χ1v) is 10.3. The van der Waals surface area contributed by atoms with E-state index in [1.54, 1.807) is 0 Å². The maximum absolute atomic E-state index is 12.7. The zero-order valence-electron chi connectivity index (χ0n) is 18.5. The number of nitrogens with zero attached hydrogens (tertiary/aromatic N) is 1. The zero-order valence-corrected chi connectivity index (χ0v) is 18.5. The molecule has 9 N–H and O–H groups in total. The van der Waals surface area contributed by atoms with Crippen LogP contribution in [0.25, 0.3) is 0 Å². The normalized spacial score (nSPS) is 13.5. The summed E-state index contributed by atoms with van der Waals surface area (Å²) in [6.07, 6.45) is 3.04. The van der Waals surface area contributed by atoms with Gasteiger partial charge in [0.1, 0.15) is 24.7 Å². The largest absolute Gasteiger partial charge is 0.480 e. The van der Waals surface area contributed by atoms with Gasteiger partial charge in [-0.3, -0.25) is 24.0 Å². The first-order valence-electron chi connectivity index (χ1n) is 10.3. The van der Waals surface area contributed by atoms with E-state index in [2.05, 4.69) is 31.2 Å². The number of carboxylic acids is 1. The average Bonchev–Trinajstić information content (AvgIpc) is 3.27. The van der Waals surface area contributed by atoms with Crippen molar-refractivity contribution in [2.24, 2.45) is 11.7 Å². The lowest BCUT2D eigenvalue weighted by atomic mass is 10.0. The zero-order chi connectivity index (χ0) is 25.0. The van der Waals surface area contributed by atoms with Crippen LogP contribution in [0.3, 0.4) is 0 Å². The van der Waals surface area contributed by atoms with Crippen LogP contribution in [0.15, 0.2) is 12.5 Å². The van der Waals surface area contributed by atoms with Crippen LogP contribution in [0.4, 0.5) is 0 Å². The van der Waals surface area contributed by atoms with E-state index in [1.807, 2.05) is 13.8 Å². The molecule has 0 bridgehead atoms. The van der Waals surface area contributed by atoms with Gasteiger partial charge in [0.25, 0.3) is 0 Å². The maximum atomic E-state index is 12.7. The highest BCUT2D eigenvalue weighted by atomic mass is 16.4. The molecular weight excluding hydrogens is 438 g/mol. The predicted molar refractivity (Wildman–Crippen MR) is 114 cm³/mol. The Labute approximate surface area is 190 Å². The van der Waals surface area contributed by atoms with E-state index >= 15 is 0 Å². The Kier molecular flexibility index (Phi) is 11.5. The summed E-state index contributed by atoms with van der Waals surface area (Å²) in [5.41, 5.74) is 5.69. The molecule has 0 saturated carbocycles. The molecule has 0 aromatic carbocycles. The van der Waals surface area contributed by atoms with Crippen molar-refractivity contribution in [3.05, 3.63) is 18.2 Å². The van der Waals surface area contributed by atoms with E-state index in [4.69, 9.17) is 10.8 Å². The Bertz CT molecular complexity index is 813. The van der Waals surface area contributed by atoms with Crippen LogP contribution in [0.5, 0.6) is 0 Å². The summed E-state index contributed by atoms with van der Waals surface area (Å²) in [7, 11) is 0. The van der Waals surface area contributed by atoms with Crippen LogP contribution in [0.2, 0.25) is 0 Å². The molecule has 1 aromatic heterocycles. The molecule has 0 saturated heterocycles. The Morgan fingerprint density at radius 2 is 1.67 bits per heavy atom. The molecule has 0 aliphatic heterocycles. The van der Waals surface area contributed by atoms with Crippen molar-refractivity contribution in [2.75, 3.05) is 19.7 Å². The number of aliphatic hydroxyl groups is 1. The minimum Gasteiger partial charge on any atom is -0.480 e. The van der Waals surface area contributed by atoms with Gasteiger partial charge in [-0.15, -0.1) is 0 Å². The van der Waals surface area contributed by atoms with Crippen LogP contribution in [-0.2, 0) is 30.4 Å². The van der Waals surface area contributed by atoms with Gasteiger partial charge >= 0.3 is 5.97 Å². The fourth-order valence-corrected chi connectivity index (χ4v) is 2.80. The lowest BCUT2D eigenvalue weighted by Crippen LogP contribution is -2.58. The Morgan fingerprint density at radius 3 is 2.18 bits per heavy atom. The summed E-state index contributed by atoms with van der Waals surface area (Å²) in [6.45, 7) is 1.89. The summed E-state index contributed by atoms with van der Waals surface area (Å²) in [4.78, 5) is 66.8. The number of hydrogen-bond donors (Lipinski definition) is 8. The third-order valence-corrected chi connectivity index (χ3v) is 4.37. The number of aliphatic carboxylic acids is 1. The SMILES string of the molecule is CC(C)C[C@H](NC(=O)CN)C(=O)N[C@@H](CO)C(=O)N[C@@H](Cc1c[nH]cn1)C(=O)NCC(=O)O. The van der Waals surface area contributed by atoms with Crippen molar-refractivity contribution in [1.29, 1.82) is 0 Å². The lowest BCUT2D eigenvalue weighted by molar-refractivity contribution is -0.138. The Morgan fingerprint density at radius 1 is 1.03 bits per heavy atom. The number of carbonyl (C=O) groups excluding carboxylic acids is 4. The topological polar surface area (TPSA) is 229 Å². The molecule has 4 amide bonds. The van der Waals surface area contributed by atoms with Crippen LogP contribution in [0, 0.1) is 5.92 Å². The molecule has 0 aliphatic carbocycles. The summed E-state index contributed by atoms with van der Waals surface area (Å²) in [5, 5.41) is 27.8. The molecule has 0 fully saturated rings. The van der Waals surface area contributed by atoms with Crippen LogP contribution in [-0.4, -0.2) is 87.6 Å². The highest BCUT2D eigenvalue weighted by Gasteiger charge is 2.30. The summed E-state index contributed by atoms with van der Waals surface area (Å²) >= 11 is 0. The number of aromatic nitrogens is 2. The number of hydrogen-bond acceptors (Lipinski definition) is 8. The van der Waals surface area contributed by atoms with Crippen molar-refractivity contribution in [2.45, 2.75) is 44.8 Å². The molecule has 3 atom stereocenters. The molecular formula is C19H31N7O7. The standard InChI is InChI=1S/C19H31N7O7/c1-10(2)3-12(24-15(28)5-20)18(32)26-14(8-27)19(33)25-13(4-11-6-21-9-23-11)17(31)22-7-16(29)30/h6,9-10,12-14,27H,3-5,7-8,20H2,1-2H3,(H,21,23)(H,22,31)(H,24,28)(H,25,33)(H,26,32)(H,29,30)/t12-,13-,14-/m0/s1. The Hall–Kier alpha value is -3.52. The molecule has 14 nitrogen and oxygen atoms in total. The summed E-state index contributed by atoms with van der Waals surface area (Å²) in [5.74, 6) is -4.19. The van der Waals surface area contributed by atoms with E-state index in [9.17, 15) is 29.1 Å². The van der Waals surface area contributed by atoms with E-state index in [-0.39, 0.29) is 25.3 Å². The minimum absolute atomic E-state index is 0.0244. The van der Waals surface area contributed by atoms with Crippen molar-refractivity contribution in [1.82, 2.24) is 31.2 Å². The van der Waals surface area contributed by atoms with Gasteiger partial charge in [0, 0.05) is 12.6 Å². The van der Waals surface area contributed by atoms with Crippen LogP contribution < -0.4 is 27.0 Å².